The van der Waals surface area contributed by atoms with Gasteiger partial charge in [-0.1, -0.05) is 0 Å². The highest BCUT2D eigenvalue weighted by Gasteiger charge is 2.10. The summed E-state index contributed by atoms with van der Waals surface area (Å²) in [5.41, 5.74) is 3.17. The molecule has 0 saturated carbocycles. The highest BCUT2D eigenvalue weighted by atomic mass is 35.5. The number of aromatic nitrogens is 1. The van der Waals surface area contributed by atoms with Gasteiger partial charge in [-0.15, -0.1) is 22.9 Å². The van der Waals surface area contributed by atoms with Gasteiger partial charge in [0.2, 0.25) is 10.0 Å². The molecular formula is C10H11ClN2O2S2. The Bertz CT molecular complexity index is 610. The second-order valence-corrected chi connectivity index (χ2v) is 6.60. The molecule has 1 heterocycles. The van der Waals surface area contributed by atoms with E-state index >= 15 is 0 Å². The number of thiazole rings is 1. The van der Waals surface area contributed by atoms with Crippen molar-refractivity contribution < 1.29 is 8.42 Å². The summed E-state index contributed by atoms with van der Waals surface area (Å²) in [6, 6.07) is 5.29. The van der Waals surface area contributed by atoms with Crippen LogP contribution in [0.2, 0.25) is 0 Å². The van der Waals surface area contributed by atoms with E-state index in [1.807, 2.05) is 0 Å². The van der Waals surface area contributed by atoms with Crippen LogP contribution in [0.25, 0.3) is 10.2 Å². The summed E-state index contributed by atoms with van der Waals surface area (Å²) < 4.78 is 26.8. The average Bonchev–Trinajstić information content (AvgIpc) is 2.73. The Morgan fingerprint density at radius 1 is 1.41 bits per heavy atom. The summed E-state index contributed by atoms with van der Waals surface area (Å²) in [5.74, 6) is 0.381. The van der Waals surface area contributed by atoms with Crippen LogP contribution < -0.4 is 4.72 Å². The molecule has 4 nitrogen and oxygen atoms in total. The number of nitrogens with one attached hydrogen (secondary N) is 1. The SMILES string of the molecule is O=S(=O)(CCCCl)Nc1ccc2ncsc2c1. The van der Waals surface area contributed by atoms with Gasteiger partial charge in [-0.25, -0.2) is 13.4 Å². The van der Waals surface area contributed by atoms with E-state index in [1.54, 1.807) is 23.7 Å². The Balaban J connectivity index is 2.17. The molecule has 0 atom stereocenters. The van der Waals surface area contributed by atoms with Gasteiger partial charge in [0, 0.05) is 5.88 Å². The van der Waals surface area contributed by atoms with Gasteiger partial charge < -0.3 is 0 Å². The number of hydrogen-bond donors (Lipinski definition) is 1. The second kappa shape index (κ2) is 5.20. The topological polar surface area (TPSA) is 59.1 Å². The molecule has 1 N–H and O–H groups in total. The Morgan fingerprint density at radius 3 is 3.00 bits per heavy atom. The molecule has 1 aromatic carbocycles. The van der Waals surface area contributed by atoms with Crippen LogP contribution in [0.3, 0.4) is 0 Å². The molecule has 17 heavy (non-hydrogen) atoms. The molecule has 0 spiro atoms. The molecule has 2 aromatic rings. The first-order chi connectivity index (χ1) is 8.11. The summed E-state index contributed by atoms with van der Waals surface area (Å²) in [5, 5.41) is 0. The van der Waals surface area contributed by atoms with Gasteiger partial charge in [0.25, 0.3) is 0 Å². The van der Waals surface area contributed by atoms with Crippen molar-refractivity contribution in [3.63, 3.8) is 0 Å². The van der Waals surface area contributed by atoms with Crippen molar-refractivity contribution in [2.45, 2.75) is 6.42 Å². The van der Waals surface area contributed by atoms with Crippen molar-refractivity contribution >= 4 is 48.9 Å². The van der Waals surface area contributed by atoms with Crippen molar-refractivity contribution in [3.8, 4) is 0 Å². The molecule has 0 unspecified atom stereocenters. The fraction of sp³-hybridized carbons (Fsp3) is 0.300. The first-order valence-corrected chi connectivity index (χ1v) is 8.07. The Kier molecular flexibility index (Phi) is 3.86. The van der Waals surface area contributed by atoms with Crippen LogP contribution >= 0.6 is 22.9 Å². The lowest BCUT2D eigenvalue weighted by molar-refractivity contribution is 0.600. The van der Waals surface area contributed by atoms with Crippen LogP contribution in [-0.2, 0) is 10.0 Å². The number of fused-ring (bicyclic) bond motifs is 1. The molecule has 2 rings (SSSR count). The van der Waals surface area contributed by atoms with Gasteiger partial charge in [0.15, 0.2) is 0 Å². The van der Waals surface area contributed by atoms with Crippen molar-refractivity contribution in [1.29, 1.82) is 0 Å². The Labute approximate surface area is 109 Å². The van der Waals surface area contributed by atoms with Crippen molar-refractivity contribution in [1.82, 2.24) is 4.98 Å². The number of hydrogen-bond acceptors (Lipinski definition) is 4. The van der Waals surface area contributed by atoms with Gasteiger partial charge in [0.1, 0.15) is 0 Å². The van der Waals surface area contributed by atoms with E-state index in [9.17, 15) is 8.42 Å². The van der Waals surface area contributed by atoms with Gasteiger partial charge in [0.05, 0.1) is 27.2 Å². The van der Waals surface area contributed by atoms with E-state index in [2.05, 4.69) is 9.71 Å². The minimum atomic E-state index is -3.30. The third-order valence-corrected chi connectivity index (χ3v) is 4.58. The number of rotatable bonds is 5. The molecule has 0 saturated heterocycles. The Hall–Kier alpha value is -0.850. The van der Waals surface area contributed by atoms with Gasteiger partial charge >= 0.3 is 0 Å². The van der Waals surface area contributed by atoms with Gasteiger partial charge in [-0.3, -0.25) is 4.72 Å². The molecule has 1 aromatic heterocycles. The maximum atomic E-state index is 11.7. The molecule has 0 bridgehead atoms. The fourth-order valence-corrected chi connectivity index (χ4v) is 3.51. The van der Waals surface area contributed by atoms with E-state index < -0.39 is 10.0 Å². The first kappa shape index (κ1) is 12.6. The lowest BCUT2D eigenvalue weighted by Crippen LogP contribution is -2.16. The van der Waals surface area contributed by atoms with Crippen LogP contribution in [0.1, 0.15) is 6.42 Å². The van der Waals surface area contributed by atoms with E-state index in [1.165, 1.54) is 11.3 Å². The average molecular weight is 291 g/mol. The first-order valence-electron chi connectivity index (χ1n) is 5.00. The molecule has 0 amide bonds. The van der Waals surface area contributed by atoms with Crippen molar-refractivity contribution in [2.24, 2.45) is 0 Å². The van der Waals surface area contributed by atoms with Crippen molar-refractivity contribution in [3.05, 3.63) is 23.7 Å². The van der Waals surface area contributed by atoms with Crippen LogP contribution in [0.15, 0.2) is 23.7 Å². The van der Waals surface area contributed by atoms with Crippen molar-refractivity contribution in [2.75, 3.05) is 16.4 Å². The Morgan fingerprint density at radius 2 is 2.24 bits per heavy atom. The van der Waals surface area contributed by atoms with Gasteiger partial charge in [-0.2, -0.15) is 0 Å². The zero-order valence-corrected chi connectivity index (χ0v) is 11.3. The molecule has 0 fully saturated rings. The zero-order chi connectivity index (χ0) is 12.3. The number of benzene rings is 1. The third-order valence-electron chi connectivity index (χ3n) is 2.15. The maximum Gasteiger partial charge on any atom is 0.232 e. The predicted molar refractivity (Wildman–Crippen MR) is 72.4 cm³/mol. The zero-order valence-electron chi connectivity index (χ0n) is 8.89. The largest absolute Gasteiger partial charge is 0.284 e. The summed E-state index contributed by atoms with van der Waals surface area (Å²) in [7, 11) is -3.30. The number of sulfonamides is 1. The molecule has 0 aliphatic rings. The summed E-state index contributed by atoms with van der Waals surface area (Å²) in [6.07, 6.45) is 0.444. The van der Waals surface area contributed by atoms with Gasteiger partial charge in [-0.05, 0) is 24.6 Å². The lowest BCUT2D eigenvalue weighted by Gasteiger charge is -2.06. The number of halogens is 1. The third kappa shape index (κ3) is 3.31. The molecule has 7 heteroatoms. The normalized spacial score (nSPS) is 11.8. The summed E-state index contributed by atoms with van der Waals surface area (Å²) in [6.45, 7) is 0. The minimum absolute atomic E-state index is 0.0389. The molecule has 0 aliphatic carbocycles. The van der Waals surface area contributed by atoms with Crippen LogP contribution in [-0.4, -0.2) is 25.0 Å². The smallest absolute Gasteiger partial charge is 0.232 e. The summed E-state index contributed by atoms with van der Waals surface area (Å²) >= 11 is 6.95. The number of anilines is 1. The monoisotopic (exact) mass is 290 g/mol. The molecule has 92 valence electrons. The van der Waals surface area contributed by atoms with E-state index in [0.29, 0.717) is 18.0 Å². The highest BCUT2D eigenvalue weighted by Crippen LogP contribution is 2.22. The highest BCUT2D eigenvalue weighted by molar-refractivity contribution is 7.92. The second-order valence-electron chi connectivity index (χ2n) is 3.50. The quantitative estimate of drug-likeness (QED) is 0.861. The van der Waals surface area contributed by atoms with Crippen LogP contribution in [0.5, 0.6) is 0 Å². The molecular weight excluding hydrogens is 280 g/mol. The maximum absolute atomic E-state index is 11.7. The standard InChI is InChI=1S/C10H11ClN2O2S2/c11-4-1-5-17(14,15)13-8-2-3-9-10(6-8)16-7-12-9/h2-3,6-7,13H,1,4-5H2. The number of nitrogens with zero attached hydrogens (tertiary/aromatic N) is 1. The molecule has 0 radical (unpaired) electrons. The van der Waals surface area contributed by atoms with E-state index in [4.69, 9.17) is 11.6 Å². The fourth-order valence-electron chi connectivity index (χ4n) is 1.39. The summed E-state index contributed by atoms with van der Waals surface area (Å²) in [4.78, 5) is 4.13. The molecule has 0 aliphatic heterocycles. The lowest BCUT2D eigenvalue weighted by atomic mass is 10.3. The van der Waals surface area contributed by atoms with E-state index in [-0.39, 0.29) is 5.75 Å². The van der Waals surface area contributed by atoms with Crippen LogP contribution in [0, 0.1) is 0 Å². The number of alkyl halides is 1. The van der Waals surface area contributed by atoms with E-state index in [0.717, 1.165) is 10.2 Å². The minimum Gasteiger partial charge on any atom is -0.284 e. The predicted octanol–water partition coefficient (Wildman–Crippen LogP) is 2.67. The van der Waals surface area contributed by atoms with Crippen LogP contribution in [0.4, 0.5) is 5.69 Å².